The van der Waals surface area contributed by atoms with E-state index in [1.165, 1.54) is 30.5 Å². The topological polar surface area (TPSA) is 154 Å². The largest absolute Gasteiger partial charge is 0.507 e. The molecule has 0 atom stereocenters. The van der Waals surface area contributed by atoms with Gasteiger partial charge in [0.05, 0.1) is 12.0 Å². The van der Waals surface area contributed by atoms with Crippen LogP contribution in [0.25, 0.3) is 22.4 Å². The molecule has 2 aromatic heterocycles. The average molecular weight is 564 g/mol. The summed E-state index contributed by atoms with van der Waals surface area (Å²) in [6, 6.07) is 16.6. The normalized spacial score (nSPS) is 10.8. The highest BCUT2D eigenvalue weighted by Crippen LogP contribution is 2.36. The molecule has 0 radical (unpaired) electrons. The fourth-order valence-corrected chi connectivity index (χ4v) is 3.73. The minimum Gasteiger partial charge on any atom is -0.507 e. The smallest absolute Gasteiger partial charge is 0.292 e. The van der Waals surface area contributed by atoms with Gasteiger partial charge in [-0.05, 0) is 60.0 Å². The second kappa shape index (κ2) is 12.4. The van der Waals surface area contributed by atoms with Gasteiger partial charge in [-0.2, -0.15) is 5.26 Å². The zero-order valence-electron chi connectivity index (χ0n) is 21.7. The van der Waals surface area contributed by atoms with Crippen molar-refractivity contribution in [1.82, 2.24) is 10.3 Å². The summed E-state index contributed by atoms with van der Waals surface area (Å²) in [6.07, 6.45) is 1.33. The summed E-state index contributed by atoms with van der Waals surface area (Å²) < 4.78 is 18.8. The Morgan fingerprint density at radius 1 is 1.10 bits per heavy atom. The Morgan fingerprint density at radius 3 is 2.52 bits per heavy atom. The van der Waals surface area contributed by atoms with Gasteiger partial charge in [-0.3, -0.25) is 9.59 Å². The SMILES string of the molecule is CC(C)(CN)CNC(=O)c1cccc(-c2cc(-c3ccc(F)cc3O)nc(NC(=O)c3ccco3)c2C#N)c1.Cl. The van der Waals surface area contributed by atoms with Crippen LogP contribution in [0.3, 0.4) is 0 Å². The van der Waals surface area contributed by atoms with E-state index in [9.17, 15) is 24.3 Å². The van der Waals surface area contributed by atoms with Crippen LogP contribution in [0.5, 0.6) is 5.75 Å². The van der Waals surface area contributed by atoms with Gasteiger partial charge in [-0.15, -0.1) is 12.4 Å². The lowest BCUT2D eigenvalue weighted by Gasteiger charge is -2.22. The van der Waals surface area contributed by atoms with Crippen molar-refractivity contribution < 1.29 is 23.5 Å². The van der Waals surface area contributed by atoms with Crippen LogP contribution in [0.2, 0.25) is 0 Å². The number of aromatic nitrogens is 1. The molecule has 2 aromatic carbocycles. The number of pyridine rings is 1. The number of phenolic OH excluding ortho intramolecular Hbond substituents is 1. The van der Waals surface area contributed by atoms with Crippen LogP contribution in [0, 0.1) is 22.6 Å². The number of carbonyl (C=O) groups excluding carboxylic acids is 2. The quantitative estimate of drug-likeness (QED) is 0.232. The van der Waals surface area contributed by atoms with Gasteiger partial charge in [-0.1, -0.05) is 26.0 Å². The number of nitrogens with one attached hydrogen (secondary N) is 2. The fourth-order valence-electron chi connectivity index (χ4n) is 3.73. The molecule has 0 fully saturated rings. The number of carbonyl (C=O) groups is 2. The van der Waals surface area contributed by atoms with Crippen molar-refractivity contribution in [2.45, 2.75) is 13.8 Å². The predicted molar refractivity (Wildman–Crippen MR) is 151 cm³/mol. The van der Waals surface area contributed by atoms with Crippen LogP contribution in [-0.4, -0.2) is 35.0 Å². The molecule has 5 N–H and O–H groups in total. The highest BCUT2D eigenvalue weighted by Gasteiger charge is 2.22. The monoisotopic (exact) mass is 563 g/mol. The molecule has 40 heavy (non-hydrogen) atoms. The highest BCUT2D eigenvalue weighted by atomic mass is 35.5. The number of phenols is 1. The van der Waals surface area contributed by atoms with E-state index in [1.807, 2.05) is 13.8 Å². The third-order valence-corrected chi connectivity index (χ3v) is 6.06. The predicted octanol–water partition coefficient (Wildman–Crippen LogP) is 5.11. The first kappa shape index (κ1) is 29.8. The Kier molecular flexibility index (Phi) is 9.27. The van der Waals surface area contributed by atoms with Crippen molar-refractivity contribution in [3.05, 3.63) is 89.6 Å². The van der Waals surface area contributed by atoms with Gasteiger partial charge in [-0.25, -0.2) is 9.37 Å². The lowest BCUT2D eigenvalue weighted by atomic mass is 9.93. The van der Waals surface area contributed by atoms with Crippen LogP contribution in [0.15, 0.2) is 71.3 Å². The van der Waals surface area contributed by atoms with Crippen molar-refractivity contribution in [3.63, 3.8) is 0 Å². The second-order valence-corrected chi connectivity index (χ2v) is 9.62. The number of nitrogens with zero attached hydrogens (tertiary/aromatic N) is 2. The lowest BCUT2D eigenvalue weighted by Crippen LogP contribution is -2.38. The van der Waals surface area contributed by atoms with Gasteiger partial charge in [0.25, 0.3) is 11.8 Å². The molecular formula is C29H27ClFN5O4. The van der Waals surface area contributed by atoms with Crippen molar-refractivity contribution in [2.75, 3.05) is 18.4 Å². The fraction of sp³-hybridized carbons (Fsp3) is 0.172. The van der Waals surface area contributed by atoms with Crippen LogP contribution < -0.4 is 16.4 Å². The maximum Gasteiger partial charge on any atom is 0.292 e. The zero-order chi connectivity index (χ0) is 28.2. The number of nitriles is 1. The van der Waals surface area contributed by atoms with Gasteiger partial charge in [0.1, 0.15) is 23.2 Å². The molecule has 9 nitrogen and oxygen atoms in total. The number of halogens is 2. The minimum atomic E-state index is -0.647. The maximum absolute atomic E-state index is 13.7. The summed E-state index contributed by atoms with van der Waals surface area (Å²) in [7, 11) is 0. The average Bonchev–Trinajstić information content (AvgIpc) is 3.47. The van der Waals surface area contributed by atoms with E-state index in [2.05, 4.69) is 21.7 Å². The summed E-state index contributed by atoms with van der Waals surface area (Å²) in [5, 5.41) is 25.9. The Balaban J connectivity index is 0.00000441. The van der Waals surface area contributed by atoms with Crippen molar-refractivity contribution in [2.24, 2.45) is 11.1 Å². The van der Waals surface area contributed by atoms with E-state index in [0.717, 1.165) is 12.1 Å². The molecule has 2 amide bonds. The van der Waals surface area contributed by atoms with E-state index in [4.69, 9.17) is 10.2 Å². The highest BCUT2D eigenvalue weighted by molar-refractivity contribution is 6.03. The number of aromatic hydroxyl groups is 1. The number of nitrogens with two attached hydrogens (primary N) is 1. The first-order valence-electron chi connectivity index (χ1n) is 12.0. The molecule has 2 heterocycles. The van der Waals surface area contributed by atoms with Crippen LogP contribution in [0.1, 0.15) is 40.3 Å². The Bertz CT molecular complexity index is 1580. The summed E-state index contributed by atoms with van der Waals surface area (Å²) >= 11 is 0. The summed E-state index contributed by atoms with van der Waals surface area (Å²) in [5.41, 5.74) is 6.98. The van der Waals surface area contributed by atoms with Gasteiger partial charge in [0.15, 0.2) is 11.6 Å². The lowest BCUT2D eigenvalue weighted by molar-refractivity contribution is 0.0937. The van der Waals surface area contributed by atoms with E-state index >= 15 is 0 Å². The maximum atomic E-state index is 13.7. The first-order valence-corrected chi connectivity index (χ1v) is 12.0. The second-order valence-electron chi connectivity index (χ2n) is 9.62. The number of hydrogen-bond donors (Lipinski definition) is 4. The Labute approximate surface area is 236 Å². The number of amides is 2. The standard InChI is InChI=1S/C29H26FN5O4.ClH/c1-29(2,15-32)16-33-27(37)18-6-3-5-17(11-18)21-13-23(20-9-8-19(30)12-24(20)36)34-26(22(21)14-31)35-28(38)25-7-4-10-39-25;/h3-13,36H,15-16,32H2,1-2H3,(H,33,37)(H,34,35,38);1H. The molecule has 0 spiro atoms. The summed E-state index contributed by atoms with van der Waals surface area (Å²) in [5.74, 6) is -2.10. The zero-order valence-corrected chi connectivity index (χ0v) is 22.5. The molecule has 0 aliphatic rings. The molecule has 0 aliphatic carbocycles. The summed E-state index contributed by atoms with van der Waals surface area (Å²) in [6.45, 7) is 4.62. The molecule has 0 saturated heterocycles. The molecule has 4 rings (SSSR count). The molecule has 4 aromatic rings. The molecule has 206 valence electrons. The van der Waals surface area contributed by atoms with Crippen molar-refractivity contribution in [3.8, 4) is 34.2 Å². The minimum absolute atomic E-state index is 0. The Morgan fingerprint density at radius 2 is 1.88 bits per heavy atom. The molecule has 0 bridgehead atoms. The molecular weight excluding hydrogens is 537 g/mol. The van der Waals surface area contributed by atoms with Crippen molar-refractivity contribution in [1.29, 1.82) is 5.26 Å². The van der Waals surface area contributed by atoms with Crippen molar-refractivity contribution >= 4 is 30.0 Å². The molecule has 0 aliphatic heterocycles. The van der Waals surface area contributed by atoms with Gasteiger partial charge >= 0.3 is 0 Å². The van der Waals surface area contributed by atoms with E-state index in [0.29, 0.717) is 29.8 Å². The van der Waals surface area contributed by atoms with E-state index < -0.39 is 11.7 Å². The van der Waals surface area contributed by atoms with Crippen LogP contribution in [-0.2, 0) is 0 Å². The number of furan rings is 1. The summed E-state index contributed by atoms with van der Waals surface area (Å²) in [4.78, 5) is 30.0. The number of anilines is 1. The number of rotatable bonds is 8. The third-order valence-electron chi connectivity index (χ3n) is 6.06. The number of benzene rings is 2. The van der Waals surface area contributed by atoms with Gasteiger partial charge in [0.2, 0.25) is 0 Å². The molecule has 0 unspecified atom stereocenters. The number of hydrogen-bond acceptors (Lipinski definition) is 7. The Hall–Kier alpha value is -4.72. The van der Waals surface area contributed by atoms with Gasteiger partial charge in [0, 0.05) is 29.3 Å². The van der Waals surface area contributed by atoms with E-state index in [1.54, 1.807) is 24.3 Å². The molecule has 11 heteroatoms. The molecule has 0 saturated carbocycles. The van der Waals surface area contributed by atoms with Crippen LogP contribution in [0.4, 0.5) is 10.2 Å². The van der Waals surface area contributed by atoms with E-state index in [-0.39, 0.29) is 57.9 Å². The van der Waals surface area contributed by atoms with Crippen LogP contribution >= 0.6 is 12.4 Å². The van der Waals surface area contributed by atoms with Gasteiger partial charge < -0.3 is 25.9 Å². The third kappa shape index (κ3) is 6.64. The first-order chi connectivity index (χ1) is 18.6.